The predicted octanol–water partition coefficient (Wildman–Crippen LogP) is 3.38. The third-order valence-corrected chi connectivity index (χ3v) is 2.48. The molecule has 0 aliphatic heterocycles. The summed E-state index contributed by atoms with van der Waals surface area (Å²) in [6.45, 7) is 2.55. The standard InChI is InChI=1S/C10H10Br2O2/c1-2-14-8-5-3-7(4-6-8)9(13)10(11)12/h3-6,10H,2H2,1H3. The van der Waals surface area contributed by atoms with Crippen LogP contribution in [0.5, 0.6) is 5.75 Å². The average molecular weight is 322 g/mol. The minimum absolute atomic E-state index is 0.00745. The molecule has 0 fully saturated rings. The van der Waals surface area contributed by atoms with Crippen molar-refractivity contribution in [1.82, 2.24) is 0 Å². The van der Waals surface area contributed by atoms with E-state index in [-0.39, 0.29) is 9.52 Å². The molecule has 4 heteroatoms. The summed E-state index contributed by atoms with van der Waals surface area (Å²) in [4.78, 5) is 11.5. The van der Waals surface area contributed by atoms with E-state index in [9.17, 15) is 4.79 Å². The summed E-state index contributed by atoms with van der Waals surface area (Å²) >= 11 is 6.32. The molecule has 76 valence electrons. The molecule has 0 aliphatic carbocycles. The molecule has 14 heavy (non-hydrogen) atoms. The lowest BCUT2D eigenvalue weighted by atomic mass is 10.1. The van der Waals surface area contributed by atoms with Crippen molar-refractivity contribution in [1.29, 1.82) is 0 Å². The van der Waals surface area contributed by atoms with Crippen molar-refractivity contribution in [3.8, 4) is 5.75 Å². The van der Waals surface area contributed by atoms with Crippen LogP contribution in [-0.4, -0.2) is 16.1 Å². The Labute approximate surface area is 99.9 Å². The minimum atomic E-state index is -0.326. The molecule has 0 saturated heterocycles. The van der Waals surface area contributed by atoms with Gasteiger partial charge in [0.15, 0.2) is 5.78 Å². The normalized spacial score (nSPS) is 10.3. The van der Waals surface area contributed by atoms with Gasteiger partial charge in [-0.15, -0.1) is 0 Å². The van der Waals surface area contributed by atoms with Crippen molar-refractivity contribution in [2.75, 3.05) is 6.61 Å². The van der Waals surface area contributed by atoms with E-state index in [0.29, 0.717) is 12.2 Å². The summed E-state index contributed by atoms with van der Waals surface area (Å²) in [7, 11) is 0. The van der Waals surface area contributed by atoms with Gasteiger partial charge in [0.05, 0.1) is 6.61 Å². The van der Waals surface area contributed by atoms with Gasteiger partial charge >= 0.3 is 0 Å². The lowest BCUT2D eigenvalue weighted by Gasteiger charge is -2.04. The Morgan fingerprint density at radius 3 is 2.36 bits per heavy atom. The second-order valence-electron chi connectivity index (χ2n) is 2.62. The van der Waals surface area contributed by atoms with Crippen LogP contribution < -0.4 is 4.74 Å². The van der Waals surface area contributed by atoms with Crippen LogP contribution >= 0.6 is 31.9 Å². The summed E-state index contributed by atoms with van der Waals surface area (Å²) in [6.07, 6.45) is 0. The molecule has 0 aliphatic rings. The van der Waals surface area contributed by atoms with Crippen LogP contribution in [0, 0.1) is 0 Å². The van der Waals surface area contributed by atoms with Gasteiger partial charge in [-0.2, -0.15) is 0 Å². The van der Waals surface area contributed by atoms with Crippen molar-refractivity contribution >= 4 is 37.6 Å². The molecule has 1 aromatic carbocycles. The van der Waals surface area contributed by atoms with E-state index >= 15 is 0 Å². The van der Waals surface area contributed by atoms with Crippen molar-refractivity contribution in [2.45, 2.75) is 10.7 Å². The Bertz CT molecular complexity index is 306. The van der Waals surface area contributed by atoms with E-state index in [1.54, 1.807) is 24.3 Å². The number of benzene rings is 1. The molecule has 0 atom stereocenters. The number of hydrogen-bond donors (Lipinski definition) is 0. The fourth-order valence-electron chi connectivity index (χ4n) is 1.01. The second-order valence-corrected chi connectivity index (χ2v) is 5.68. The molecule has 0 unspecified atom stereocenters. The first kappa shape index (κ1) is 11.7. The zero-order chi connectivity index (χ0) is 10.6. The maximum absolute atomic E-state index is 11.5. The highest BCUT2D eigenvalue weighted by molar-refractivity contribution is 9.25. The van der Waals surface area contributed by atoms with Crippen molar-refractivity contribution in [2.24, 2.45) is 0 Å². The lowest BCUT2D eigenvalue weighted by molar-refractivity contribution is 0.101. The number of hydrogen-bond acceptors (Lipinski definition) is 2. The Morgan fingerprint density at radius 1 is 1.36 bits per heavy atom. The van der Waals surface area contributed by atoms with Crippen LogP contribution in [0.1, 0.15) is 17.3 Å². The van der Waals surface area contributed by atoms with E-state index in [1.807, 2.05) is 6.92 Å². The van der Waals surface area contributed by atoms with E-state index in [1.165, 1.54) is 0 Å². The van der Waals surface area contributed by atoms with Gasteiger partial charge in [0, 0.05) is 5.56 Å². The summed E-state index contributed by atoms with van der Waals surface area (Å²) in [6, 6.07) is 7.09. The van der Waals surface area contributed by atoms with Gasteiger partial charge in [0.1, 0.15) is 9.49 Å². The lowest BCUT2D eigenvalue weighted by Crippen LogP contribution is -2.06. The molecular weight excluding hydrogens is 312 g/mol. The molecule has 0 amide bonds. The predicted molar refractivity (Wildman–Crippen MR) is 63.6 cm³/mol. The SMILES string of the molecule is CCOc1ccc(C(=O)C(Br)Br)cc1. The summed E-state index contributed by atoms with van der Waals surface area (Å²) in [5.74, 6) is 0.790. The number of carbonyl (C=O) groups excluding carboxylic acids is 1. The molecular formula is C10H10Br2O2. The molecule has 0 radical (unpaired) electrons. The van der Waals surface area contributed by atoms with Gasteiger partial charge < -0.3 is 4.74 Å². The molecule has 0 spiro atoms. The van der Waals surface area contributed by atoms with Gasteiger partial charge in [-0.1, -0.05) is 31.9 Å². The number of carbonyl (C=O) groups is 1. The van der Waals surface area contributed by atoms with Crippen LogP contribution in [0.25, 0.3) is 0 Å². The molecule has 1 rings (SSSR count). The number of alkyl halides is 2. The summed E-state index contributed by atoms with van der Waals surface area (Å²) in [5.41, 5.74) is 0.659. The topological polar surface area (TPSA) is 26.3 Å². The van der Waals surface area contributed by atoms with Gasteiger partial charge in [-0.05, 0) is 31.2 Å². The number of ketones is 1. The monoisotopic (exact) mass is 320 g/mol. The van der Waals surface area contributed by atoms with Gasteiger partial charge in [-0.25, -0.2) is 0 Å². The zero-order valence-electron chi connectivity index (χ0n) is 7.67. The highest BCUT2D eigenvalue weighted by Gasteiger charge is 2.12. The fourth-order valence-corrected chi connectivity index (χ4v) is 1.54. The molecule has 1 aromatic rings. The third kappa shape index (κ3) is 3.10. The first-order valence-electron chi connectivity index (χ1n) is 4.20. The number of halogens is 2. The fraction of sp³-hybridized carbons (Fsp3) is 0.300. The number of Topliss-reactive ketones (excluding diaryl/α,β-unsaturated/α-hetero) is 1. The number of rotatable bonds is 4. The molecule has 0 aromatic heterocycles. The van der Waals surface area contributed by atoms with Crippen molar-refractivity contribution in [3.05, 3.63) is 29.8 Å². The van der Waals surface area contributed by atoms with Crippen LogP contribution in [0.4, 0.5) is 0 Å². The quantitative estimate of drug-likeness (QED) is 0.627. The Balaban J connectivity index is 2.78. The maximum Gasteiger partial charge on any atom is 0.187 e. The Hall–Kier alpha value is -0.350. The zero-order valence-corrected chi connectivity index (χ0v) is 10.8. The van der Waals surface area contributed by atoms with Crippen LogP contribution in [-0.2, 0) is 0 Å². The van der Waals surface area contributed by atoms with Gasteiger partial charge in [-0.3, -0.25) is 4.79 Å². The molecule has 0 bridgehead atoms. The van der Waals surface area contributed by atoms with E-state index in [2.05, 4.69) is 31.9 Å². The minimum Gasteiger partial charge on any atom is -0.494 e. The average Bonchev–Trinajstić information content (AvgIpc) is 2.18. The summed E-state index contributed by atoms with van der Waals surface area (Å²) in [5, 5.41) is 0. The van der Waals surface area contributed by atoms with E-state index in [0.717, 1.165) is 5.75 Å². The second kappa shape index (κ2) is 5.51. The van der Waals surface area contributed by atoms with E-state index in [4.69, 9.17) is 4.74 Å². The Kier molecular flexibility index (Phi) is 4.62. The first-order valence-corrected chi connectivity index (χ1v) is 6.03. The third-order valence-electron chi connectivity index (χ3n) is 1.65. The van der Waals surface area contributed by atoms with E-state index < -0.39 is 0 Å². The van der Waals surface area contributed by atoms with Crippen LogP contribution in [0.15, 0.2) is 24.3 Å². The largest absolute Gasteiger partial charge is 0.494 e. The highest BCUT2D eigenvalue weighted by atomic mass is 79.9. The highest BCUT2D eigenvalue weighted by Crippen LogP contribution is 2.18. The molecule has 0 N–H and O–H groups in total. The maximum atomic E-state index is 11.5. The van der Waals surface area contributed by atoms with Gasteiger partial charge in [0.25, 0.3) is 0 Å². The van der Waals surface area contributed by atoms with Crippen LogP contribution in [0.2, 0.25) is 0 Å². The Morgan fingerprint density at radius 2 is 1.93 bits per heavy atom. The van der Waals surface area contributed by atoms with Crippen LogP contribution in [0.3, 0.4) is 0 Å². The molecule has 0 saturated carbocycles. The summed E-state index contributed by atoms with van der Waals surface area (Å²) < 4.78 is 4.94. The molecule has 0 heterocycles. The first-order chi connectivity index (χ1) is 6.65. The number of ether oxygens (including phenoxy) is 1. The smallest absolute Gasteiger partial charge is 0.187 e. The van der Waals surface area contributed by atoms with Gasteiger partial charge in [0.2, 0.25) is 0 Å². The van der Waals surface area contributed by atoms with Crippen molar-refractivity contribution in [3.63, 3.8) is 0 Å². The van der Waals surface area contributed by atoms with Crippen molar-refractivity contribution < 1.29 is 9.53 Å². The molecule has 2 nitrogen and oxygen atoms in total.